The van der Waals surface area contributed by atoms with Crippen LogP contribution in [0.4, 0.5) is 0 Å². The van der Waals surface area contributed by atoms with Crippen LogP contribution in [-0.2, 0) is 22.6 Å². The summed E-state index contributed by atoms with van der Waals surface area (Å²) in [6.45, 7) is 8.75. The molecule has 0 radical (unpaired) electrons. The molecule has 1 unspecified atom stereocenters. The predicted molar refractivity (Wildman–Crippen MR) is 125 cm³/mol. The van der Waals surface area contributed by atoms with Gasteiger partial charge in [0.05, 0.1) is 12.0 Å². The molecule has 2 aliphatic rings. The molecule has 1 saturated heterocycles. The Morgan fingerprint density at radius 1 is 1.15 bits per heavy atom. The van der Waals surface area contributed by atoms with Gasteiger partial charge < -0.3 is 9.64 Å². The first-order valence-electron chi connectivity index (χ1n) is 11.6. The fourth-order valence-corrected chi connectivity index (χ4v) is 4.84. The number of carbonyl (C=O) groups is 2. The first-order valence-corrected chi connectivity index (χ1v) is 11.6. The molecule has 1 atom stereocenters. The summed E-state index contributed by atoms with van der Waals surface area (Å²) in [4.78, 5) is 37.3. The zero-order valence-electron chi connectivity index (χ0n) is 19.5. The summed E-state index contributed by atoms with van der Waals surface area (Å²) in [5.74, 6) is 0.911. The second-order valence-electron chi connectivity index (χ2n) is 9.01. The number of amides is 1. The topological polar surface area (TPSA) is 93.5 Å². The summed E-state index contributed by atoms with van der Waals surface area (Å²) >= 11 is 0. The number of nitrogens with zero attached hydrogens (tertiary/aromatic N) is 6. The van der Waals surface area contributed by atoms with E-state index in [0.717, 1.165) is 49.4 Å². The smallest absolute Gasteiger partial charge is 0.338 e. The molecule has 9 nitrogen and oxygen atoms in total. The fraction of sp³-hybridized carbons (Fsp3) is 0.400. The summed E-state index contributed by atoms with van der Waals surface area (Å²) in [5.41, 5.74) is 5.03. The number of carbonyl (C=O) groups excluding carboxylic acids is 2. The summed E-state index contributed by atoms with van der Waals surface area (Å²) in [6, 6.07) is 7.72. The van der Waals surface area contributed by atoms with Crippen molar-refractivity contribution >= 4 is 11.9 Å². The third kappa shape index (κ3) is 4.43. The molecule has 0 saturated carbocycles. The molecule has 5 rings (SSSR count). The van der Waals surface area contributed by atoms with E-state index in [0.29, 0.717) is 30.3 Å². The number of hydrogen-bond donors (Lipinski definition) is 0. The lowest BCUT2D eigenvalue weighted by molar-refractivity contribution is -0.132. The van der Waals surface area contributed by atoms with E-state index in [9.17, 15) is 9.59 Å². The van der Waals surface area contributed by atoms with Gasteiger partial charge in [-0.1, -0.05) is 19.1 Å². The zero-order valence-corrected chi connectivity index (χ0v) is 19.5. The molecule has 2 aliphatic heterocycles. The monoisotopic (exact) mass is 460 g/mol. The third-order valence-corrected chi connectivity index (χ3v) is 6.81. The minimum absolute atomic E-state index is 0.127. The van der Waals surface area contributed by atoms with Gasteiger partial charge in [-0.3, -0.25) is 9.69 Å². The van der Waals surface area contributed by atoms with Crippen molar-refractivity contribution in [1.82, 2.24) is 29.5 Å². The van der Waals surface area contributed by atoms with E-state index in [-0.39, 0.29) is 11.9 Å². The Morgan fingerprint density at radius 3 is 2.68 bits per heavy atom. The maximum Gasteiger partial charge on any atom is 0.338 e. The lowest BCUT2D eigenvalue weighted by Gasteiger charge is -2.36. The van der Waals surface area contributed by atoms with Crippen molar-refractivity contribution < 1.29 is 14.3 Å². The Morgan fingerprint density at radius 2 is 1.97 bits per heavy atom. The highest BCUT2D eigenvalue weighted by molar-refractivity contribution is 5.94. The Bertz CT molecular complexity index is 1180. The van der Waals surface area contributed by atoms with Crippen LogP contribution in [-0.4, -0.2) is 74.1 Å². The summed E-state index contributed by atoms with van der Waals surface area (Å²) < 4.78 is 6.78. The number of hydrogen-bond acceptors (Lipinski definition) is 7. The number of aromatic nitrogens is 4. The summed E-state index contributed by atoms with van der Waals surface area (Å²) in [7, 11) is 0. The van der Waals surface area contributed by atoms with Gasteiger partial charge in [-0.2, -0.15) is 5.10 Å². The van der Waals surface area contributed by atoms with E-state index in [1.165, 1.54) is 11.9 Å². The quantitative estimate of drug-likeness (QED) is 0.520. The van der Waals surface area contributed by atoms with Crippen LogP contribution in [0.15, 0.2) is 43.1 Å². The number of esters is 1. The van der Waals surface area contributed by atoms with Crippen LogP contribution in [0.5, 0.6) is 0 Å². The zero-order chi connectivity index (χ0) is 23.7. The van der Waals surface area contributed by atoms with Gasteiger partial charge in [0, 0.05) is 44.5 Å². The maximum absolute atomic E-state index is 12.8. The van der Waals surface area contributed by atoms with E-state index in [1.54, 1.807) is 17.2 Å². The minimum Gasteiger partial charge on any atom is -0.457 e. The second kappa shape index (κ2) is 9.34. The molecule has 0 N–H and O–H groups in total. The van der Waals surface area contributed by atoms with Gasteiger partial charge in [0.25, 0.3) is 0 Å². The van der Waals surface area contributed by atoms with Crippen molar-refractivity contribution in [3.05, 3.63) is 70.9 Å². The first-order chi connectivity index (χ1) is 16.5. The molecular formula is C25H28N6O3. The lowest BCUT2D eigenvalue weighted by Crippen LogP contribution is -2.49. The van der Waals surface area contributed by atoms with Gasteiger partial charge in [-0.05, 0) is 41.7 Å². The molecule has 176 valence electrons. The molecule has 2 aromatic heterocycles. The molecular weight excluding hydrogens is 432 g/mol. The van der Waals surface area contributed by atoms with Gasteiger partial charge in [0.1, 0.15) is 19.3 Å². The van der Waals surface area contributed by atoms with Gasteiger partial charge in [-0.15, -0.1) is 0 Å². The fourth-order valence-electron chi connectivity index (χ4n) is 4.84. The molecule has 0 aliphatic carbocycles. The average Bonchev–Trinajstić information content (AvgIpc) is 3.51. The Hall–Kier alpha value is -3.59. The lowest BCUT2D eigenvalue weighted by atomic mass is 9.90. The number of pyridine rings is 1. The second-order valence-corrected chi connectivity index (χ2v) is 9.01. The number of cyclic esters (lactones) is 1. The van der Waals surface area contributed by atoms with E-state index in [2.05, 4.69) is 39.9 Å². The van der Waals surface area contributed by atoms with Crippen LogP contribution in [0.3, 0.4) is 0 Å². The van der Waals surface area contributed by atoms with Gasteiger partial charge in [0.15, 0.2) is 5.82 Å². The first kappa shape index (κ1) is 22.2. The van der Waals surface area contributed by atoms with Crippen LogP contribution in [0.25, 0.3) is 5.82 Å². The van der Waals surface area contributed by atoms with Crippen LogP contribution in [0.1, 0.15) is 45.5 Å². The Kier molecular flexibility index (Phi) is 6.10. The van der Waals surface area contributed by atoms with Gasteiger partial charge in [-0.25, -0.2) is 19.4 Å². The van der Waals surface area contributed by atoms with E-state index < -0.39 is 0 Å². The predicted octanol–water partition coefficient (Wildman–Crippen LogP) is 2.13. The normalized spacial score (nSPS) is 16.9. The highest BCUT2D eigenvalue weighted by atomic mass is 16.5. The minimum atomic E-state index is -0.222. The van der Waals surface area contributed by atoms with E-state index >= 15 is 0 Å². The third-order valence-electron chi connectivity index (χ3n) is 6.81. The molecule has 0 bridgehead atoms. The standard InChI is InChI=1S/C25H28N6O3/c1-17(20-4-5-21-22(18(20)2)14-34-25(21)33)13-29-7-9-30(10-8-29)24(32)11-19-3-6-23(27-12-19)31-16-26-15-28-31/h3-6,12,15-17H,7-11,13-14H2,1-2H3. The van der Waals surface area contributed by atoms with Crippen molar-refractivity contribution in [2.24, 2.45) is 0 Å². The summed E-state index contributed by atoms with van der Waals surface area (Å²) in [5, 5.41) is 4.06. The molecule has 0 spiro atoms. The molecule has 9 heteroatoms. The van der Waals surface area contributed by atoms with Gasteiger partial charge >= 0.3 is 5.97 Å². The van der Waals surface area contributed by atoms with E-state index in [4.69, 9.17) is 4.74 Å². The van der Waals surface area contributed by atoms with Crippen molar-refractivity contribution in [2.45, 2.75) is 32.8 Å². The number of ether oxygens (including phenoxy) is 1. The maximum atomic E-state index is 12.8. The van der Waals surface area contributed by atoms with Crippen molar-refractivity contribution in [3.63, 3.8) is 0 Å². The molecule has 1 amide bonds. The molecule has 1 fully saturated rings. The van der Waals surface area contributed by atoms with Crippen LogP contribution >= 0.6 is 0 Å². The number of benzene rings is 1. The van der Waals surface area contributed by atoms with Crippen molar-refractivity contribution in [2.75, 3.05) is 32.7 Å². The SMILES string of the molecule is Cc1c(C(C)CN2CCN(C(=O)Cc3ccc(-n4cncn4)nc3)CC2)ccc2c1COC2=O. The summed E-state index contributed by atoms with van der Waals surface area (Å²) in [6.07, 6.45) is 5.12. The van der Waals surface area contributed by atoms with E-state index in [1.807, 2.05) is 23.1 Å². The Labute approximate surface area is 198 Å². The van der Waals surface area contributed by atoms with Crippen molar-refractivity contribution in [3.8, 4) is 5.82 Å². The number of fused-ring (bicyclic) bond motifs is 1. The molecule has 34 heavy (non-hydrogen) atoms. The van der Waals surface area contributed by atoms with Crippen molar-refractivity contribution in [1.29, 1.82) is 0 Å². The highest BCUT2D eigenvalue weighted by Gasteiger charge is 2.27. The van der Waals surface area contributed by atoms with Crippen LogP contribution in [0.2, 0.25) is 0 Å². The molecule has 3 aromatic rings. The van der Waals surface area contributed by atoms with Gasteiger partial charge in [0.2, 0.25) is 5.91 Å². The van der Waals surface area contributed by atoms with Crippen LogP contribution in [0, 0.1) is 6.92 Å². The van der Waals surface area contributed by atoms with Crippen LogP contribution < -0.4 is 0 Å². The Balaban J connectivity index is 1.13. The molecule has 1 aromatic carbocycles. The largest absolute Gasteiger partial charge is 0.457 e. The molecule has 4 heterocycles. The number of piperazine rings is 1. The number of rotatable bonds is 6. The average molecular weight is 461 g/mol. The highest BCUT2D eigenvalue weighted by Crippen LogP contribution is 2.30.